The molecule has 2 N–H and O–H groups in total. The Labute approximate surface area is 160 Å². The van der Waals surface area contributed by atoms with Crippen molar-refractivity contribution in [2.75, 3.05) is 6.54 Å². The van der Waals surface area contributed by atoms with Crippen LogP contribution in [-0.4, -0.2) is 18.5 Å². The number of nitrogens with one attached hydrogen (secondary N) is 2. The van der Waals surface area contributed by atoms with Crippen molar-refractivity contribution in [3.63, 3.8) is 0 Å². The highest BCUT2D eigenvalue weighted by atomic mass is 16.5. The maximum Gasteiger partial charge on any atom is 0.220 e. The fourth-order valence-corrected chi connectivity index (χ4v) is 2.80. The molecule has 0 radical (unpaired) electrons. The molecule has 0 aliphatic heterocycles. The third-order valence-electron chi connectivity index (χ3n) is 4.46. The summed E-state index contributed by atoms with van der Waals surface area (Å²) < 4.78 is 5.85. The third kappa shape index (κ3) is 6.43. The molecule has 1 aliphatic rings. The molecular formula is C22H25N3O2. The number of hydrogen-bond acceptors (Lipinski definition) is 4. The van der Waals surface area contributed by atoms with Crippen molar-refractivity contribution >= 4 is 5.91 Å². The van der Waals surface area contributed by atoms with E-state index in [1.807, 2.05) is 42.5 Å². The molecule has 1 saturated carbocycles. The summed E-state index contributed by atoms with van der Waals surface area (Å²) in [5.41, 5.74) is 2.65. The maximum atomic E-state index is 11.6. The highest BCUT2D eigenvalue weighted by Crippen LogP contribution is 2.19. The zero-order valence-electron chi connectivity index (χ0n) is 15.4. The van der Waals surface area contributed by atoms with Crippen molar-refractivity contribution < 1.29 is 9.53 Å². The summed E-state index contributed by atoms with van der Waals surface area (Å²) in [7, 11) is 0. The molecule has 0 atom stereocenters. The van der Waals surface area contributed by atoms with Crippen molar-refractivity contribution in [1.82, 2.24) is 10.6 Å². The summed E-state index contributed by atoms with van der Waals surface area (Å²) in [6, 6.07) is 18.0. The van der Waals surface area contributed by atoms with Crippen molar-refractivity contribution in [3.05, 3.63) is 65.2 Å². The van der Waals surface area contributed by atoms with Gasteiger partial charge < -0.3 is 15.4 Å². The number of nitriles is 1. The topological polar surface area (TPSA) is 74.1 Å². The first kappa shape index (κ1) is 18.9. The van der Waals surface area contributed by atoms with Crippen molar-refractivity contribution in [1.29, 1.82) is 5.26 Å². The van der Waals surface area contributed by atoms with Gasteiger partial charge in [0.15, 0.2) is 0 Å². The van der Waals surface area contributed by atoms with Gasteiger partial charge >= 0.3 is 0 Å². The molecule has 5 heteroatoms. The number of carbonyl (C=O) groups excluding carboxylic acids is 1. The Bertz CT molecular complexity index is 809. The van der Waals surface area contributed by atoms with Crippen LogP contribution in [0.5, 0.6) is 5.75 Å². The summed E-state index contributed by atoms with van der Waals surface area (Å²) in [5, 5.41) is 15.5. The number of carbonyl (C=O) groups is 1. The number of hydrogen-bond donors (Lipinski definition) is 2. The highest BCUT2D eigenvalue weighted by Gasteiger charge is 2.22. The molecule has 5 nitrogen and oxygen atoms in total. The molecule has 0 saturated heterocycles. The van der Waals surface area contributed by atoms with Gasteiger partial charge in [-0.3, -0.25) is 4.79 Å². The van der Waals surface area contributed by atoms with Gasteiger partial charge in [-0.2, -0.15) is 5.26 Å². The van der Waals surface area contributed by atoms with E-state index < -0.39 is 0 Å². The van der Waals surface area contributed by atoms with E-state index in [2.05, 4.69) is 16.7 Å². The average Bonchev–Trinajstić information content (AvgIpc) is 3.50. The second-order valence-corrected chi connectivity index (χ2v) is 6.83. The van der Waals surface area contributed by atoms with Crippen molar-refractivity contribution in [2.45, 2.75) is 44.9 Å². The molecule has 0 heterocycles. The van der Waals surface area contributed by atoms with Gasteiger partial charge in [0, 0.05) is 24.6 Å². The quantitative estimate of drug-likeness (QED) is 0.635. The van der Waals surface area contributed by atoms with E-state index in [0.717, 1.165) is 49.2 Å². The number of amides is 1. The van der Waals surface area contributed by atoms with E-state index in [0.29, 0.717) is 24.6 Å². The zero-order chi connectivity index (χ0) is 18.9. The number of nitrogens with zero attached hydrogens (tertiary/aromatic N) is 1. The molecule has 0 unspecified atom stereocenters. The van der Waals surface area contributed by atoms with Crippen LogP contribution in [0.25, 0.3) is 0 Å². The molecule has 2 aromatic rings. The van der Waals surface area contributed by atoms with Crippen LogP contribution < -0.4 is 15.4 Å². The Balaban J connectivity index is 1.39. The van der Waals surface area contributed by atoms with Gasteiger partial charge in [0.1, 0.15) is 12.4 Å². The monoisotopic (exact) mass is 363 g/mol. The minimum atomic E-state index is 0.160. The Morgan fingerprint density at radius 1 is 1.19 bits per heavy atom. The highest BCUT2D eigenvalue weighted by molar-refractivity contribution is 5.76. The molecule has 27 heavy (non-hydrogen) atoms. The van der Waals surface area contributed by atoms with Gasteiger partial charge in [-0.25, -0.2) is 0 Å². The molecule has 3 rings (SSSR count). The first-order valence-electron chi connectivity index (χ1n) is 9.44. The molecule has 1 fully saturated rings. The molecule has 0 spiro atoms. The summed E-state index contributed by atoms with van der Waals surface area (Å²) in [5.74, 6) is 0.943. The lowest BCUT2D eigenvalue weighted by Gasteiger charge is -2.10. The average molecular weight is 363 g/mol. The summed E-state index contributed by atoms with van der Waals surface area (Å²) in [4.78, 5) is 11.6. The van der Waals surface area contributed by atoms with Gasteiger partial charge in [-0.05, 0) is 49.6 Å². The van der Waals surface area contributed by atoms with E-state index in [1.54, 1.807) is 6.07 Å². The molecule has 2 aromatic carbocycles. The van der Waals surface area contributed by atoms with Crippen LogP contribution >= 0.6 is 0 Å². The molecular weight excluding hydrogens is 338 g/mol. The number of benzene rings is 2. The summed E-state index contributed by atoms with van der Waals surface area (Å²) in [6.07, 6.45) is 3.67. The Morgan fingerprint density at radius 3 is 2.85 bits per heavy atom. The summed E-state index contributed by atoms with van der Waals surface area (Å²) in [6.45, 7) is 1.91. The lowest BCUT2D eigenvalue weighted by molar-refractivity contribution is -0.121. The lowest BCUT2D eigenvalue weighted by Crippen LogP contribution is -2.26. The van der Waals surface area contributed by atoms with Gasteiger partial charge in [0.25, 0.3) is 0 Å². The van der Waals surface area contributed by atoms with Gasteiger partial charge in [-0.15, -0.1) is 0 Å². The molecule has 140 valence electrons. The van der Waals surface area contributed by atoms with Gasteiger partial charge in [-0.1, -0.05) is 30.3 Å². The second-order valence-electron chi connectivity index (χ2n) is 6.83. The van der Waals surface area contributed by atoms with E-state index in [4.69, 9.17) is 10.00 Å². The van der Waals surface area contributed by atoms with Gasteiger partial charge in [0.05, 0.1) is 11.6 Å². The Kier molecular flexibility index (Phi) is 6.84. The minimum Gasteiger partial charge on any atom is -0.489 e. The number of rotatable bonds is 10. The predicted molar refractivity (Wildman–Crippen MR) is 104 cm³/mol. The van der Waals surface area contributed by atoms with Crippen LogP contribution in [0.4, 0.5) is 0 Å². The van der Waals surface area contributed by atoms with Crippen LogP contribution in [0.1, 0.15) is 42.4 Å². The molecule has 1 amide bonds. The third-order valence-corrected chi connectivity index (χ3v) is 4.46. The Hall–Kier alpha value is -2.84. The molecule has 0 aromatic heterocycles. The zero-order valence-corrected chi connectivity index (χ0v) is 15.4. The smallest absolute Gasteiger partial charge is 0.220 e. The predicted octanol–water partition coefficient (Wildman–Crippen LogP) is 3.29. The SMILES string of the molecule is N#Cc1ccccc1COc1cccc(CNCCCC(=O)NC2CC2)c1. The maximum absolute atomic E-state index is 11.6. The second kappa shape index (κ2) is 9.75. The standard InChI is InChI=1S/C22H25N3O2/c23-14-18-6-1-2-7-19(18)16-27-21-8-3-5-17(13-21)15-24-12-4-9-22(26)25-20-10-11-20/h1-3,5-8,13,20,24H,4,9-12,15-16H2,(H,25,26). The lowest BCUT2D eigenvalue weighted by atomic mass is 10.1. The Morgan fingerprint density at radius 2 is 2.04 bits per heavy atom. The first-order chi connectivity index (χ1) is 13.2. The normalized spacial score (nSPS) is 13.0. The van der Waals surface area contributed by atoms with Crippen LogP contribution in [0, 0.1) is 11.3 Å². The summed E-state index contributed by atoms with van der Waals surface area (Å²) >= 11 is 0. The van der Waals surface area contributed by atoms with E-state index in [9.17, 15) is 4.79 Å². The fourth-order valence-electron chi connectivity index (χ4n) is 2.80. The first-order valence-corrected chi connectivity index (χ1v) is 9.44. The minimum absolute atomic E-state index is 0.160. The van der Waals surface area contributed by atoms with Crippen molar-refractivity contribution in [2.24, 2.45) is 0 Å². The largest absolute Gasteiger partial charge is 0.489 e. The molecule has 0 bridgehead atoms. The molecule has 1 aliphatic carbocycles. The van der Waals surface area contributed by atoms with Crippen LogP contribution in [0.2, 0.25) is 0 Å². The fraction of sp³-hybridized carbons (Fsp3) is 0.364. The van der Waals surface area contributed by atoms with E-state index >= 15 is 0 Å². The van der Waals surface area contributed by atoms with Crippen molar-refractivity contribution in [3.8, 4) is 11.8 Å². The van der Waals surface area contributed by atoms with Crippen LogP contribution in [0.3, 0.4) is 0 Å². The van der Waals surface area contributed by atoms with E-state index in [-0.39, 0.29) is 5.91 Å². The van der Waals surface area contributed by atoms with Crippen LogP contribution in [-0.2, 0) is 17.9 Å². The number of ether oxygens (including phenoxy) is 1. The van der Waals surface area contributed by atoms with E-state index in [1.165, 1.54) is 0 Å². The van der Waals surface area contributed by atoms with Crippen LogP contribution in [0.15, 0.2) is 48.5 Å². The van der Waals surface area contributed by atoms with Gasteiger partial charge in [0.2, 0.25) is 5.91 Å².